The number of nitrogens with zero attached hydrogens (tertiary/aromatic N) is 1. The molecule has 34 heavy (non-hydrogen) atoms. The van der Waals surface area contributed by atoms with Crippen LogP contribution in [-0.2, 0) is 10.0 Å². The summed E-state index contributed by atoms with van der Waals surface area (Å²) in [7, 11) is -3.26. The first-order valence-corrected chi connectivity index (χ1v) is 13.5. The van der Waals surface area contributed by atoms with Crippen LogP contribution in [0.25, 0.3) is 0 Å². The third-order valence-electron chi connectivity index (χ3n) is 7.44. The number of hydrogen-bond acceptors (Lipinski definition) is 3. The number of amides is 2. The van der Waals surface area contributed by atoms with Crippen molar-refractivity contribution in [2.24, 2.45) is 5.92 Å². The zero-order chi connectivity index (χ0) is 23.3. The van der Waals surface area contributed by atoms with Gasteiger partial charge in [-0.25, -0.2) is 13.2 Å². The summed E-state index contributed by atoms with van der Waals surface area (Å²) in [6.45, 7) is 1.06. The summed E-state index contributed by atoms with van der Waals surface area (Å²) in [5.41, 5.74) is 6.76. The molecule has 0 spiro atoms. The number of carbonyl (C=O) groups excluding carboxylic acids is 1. The predicted molar refractivity (Wildman–Crippen MR) is 134 cm³/mol. The maximum Gasteiger partial charge on any atom is 0.319 e. The fraction of sp³-hybridized carbons (Fsp3) is 0.296. The molecule has 1 aliphatic heterocycles. The molecule has 2 bridgehead atoms. The SMILES string of the molecule is O=C(NCC1CC2c3ccccc3C1c1ccccc12)Nc1cccc(N2CCCS2(=O)=O)c1. The van der Waals surface area contributed by atoms with Gasteiger partial charge in [0, 0.05) is 30.6 Å². The molecule has 0 aromatic heterocycles. The van der Waals surface area contributed by atoms with Gasteiger partial charge in [-0.1, -0.05) is 54.6 Å². The lowest BCUT2D eigenvalue weighted by Gasteiger charge is -2.45. The van der Waals surface area contributed by atoms with Crippen molar-refractivity contribution in [3.8, 4) is 0 Å². The Labute approximate surface area is 200 Å². The van der Waals surface area contributed by atoms with E-state index in [4.69, 9.17) is 0 Å². The lowest BCUT2D eigenvalue weighted by Crippen LogP contribution is -2.40. The van der Waals surface area contributed by atoms with Gasteiger partial charge in [-0.05, 0) is 59.2 Å². The Morgan fingerprint density at radius 3 is 2.24 bits per heavy atom. The highest BCUT2D eigenvalue weighted by Gasteiger charge is 2.42. The molecule has 174 valence electrons. The van der Waals surface area contributed by atoms with Crippen LogP contribution in [0.5, 0.6) is 0 Å². The molecule has 3 aromatic rings. The van der Waals surface area contributed by atoms with Gasteiger partial charge in [0.2, 0.25) is 10.0 Å². The summed E-state index contributed by atoms with van der Waals surface area (Å²) in [5.74, 6) is 1.13. The monoisotopic (exact) mass is 473 g/mol. The number of nitrogens with one attached hydrogen (secondary N) is 2. The molecule has 7 heteroatoms. The number of urea groups is 1. The Bertz CT molecular complexity index is 1320. The molecule has 0 radical (unpaired) electrons. The van der Waals surface area contributed by atoms with Crippen molar-refractivity contribution in [2.75, 3.05) is 28.5 Å². The Hall–Kier alpha value is -3.32. The Morgan fingerprint density at radius 1 is 0.912 bits per heavy atom. The van der Waals surface area contributed by atoms with Crippen LogP contribution in [0.4, 0.5) is 16.2 Å². The van der Waals surface area contributed by atoms with Crippen molar-refractivity contribution in [2.45, 2.75) is 24.7 Å². The summed E-state index contributed by atoms with van der Waals surface area (Å²) >= 11 is 0. The predicted octanol–water partition coefficient (Wildman–Crippen LogP) is 4.65. The molecule has 1 unspecified atom stereocenters. The topological polar surface area (TPSA) is 78.5 Å². The highest BCUT2D eigenvalue weighted by Crippen LogP contribution is 2.55. The maximum absolute atomic E-state index is 12.8. The average Bonchev–Trinajstić information content (AvgIpc) is 3.22. The van der Waals surface area contributed by atoms with Crippen molar-refractivity contribution in [1.29, 1.82) is 0 Å². The van der Waals surface area contributed by atoms with E-state index in [0.29, 0.717) is 42.7 Å². The number of sulfonamides is 1. The minimum Gasteiger partial charge on any atom is -0.338 e. The number of anilines is 2. The molecule has 2 N–H and O–H groups in total. The molecular formula is C27H27N3O3S. The van der Waals surface area contributed by atoms with Crippen LogP contribution in [0.2, 0.25) is 0 Å². The first kappa shape index (κ1) is 21.2. The van der Waals surface area contributed by atoms with Crippen molar-refractivity contribution >= 4 is 27.4 Å². The third kappa shape index (κ3) is 3.55. The molecule has 1 saturated heterocycles. The van der Waals surface area contributed by atoms with E-state index in [2.05, 4.69) is 59.2 Å². The standard InChI is InChI=1S/C27H27N3O3S/c31-27(29-19-7-5-8-20(16-19)30-13-6-14-34(30,32)33)28-17-18-15-25-21-9-1-3-11-23(21)26(18)24-12-4-2-10-22(24)25/h1-5,7-12,16,18,25-26H,6,13-15,17H2,(H2,28,29,31). The second kappa shape index (κ2) is 8.17. The summed E-state index contributed by atoms with van der Waals surface area (Å²) in [6, 6.07) is 24.1. The molecular weight excluding hydrogens is 446 g/mol. The van der Waals surface area contributed by atoms with E-state index in [-0.39, 0.29) is 17.7 Å². The Kier molecular flexibility index (Phi) is 5.10. The fourth-order valence-electron chi connectivity index (χ4n) is 6.03. The van der Waals surface area contributed by atoms with Crippen LogP contribution < -0.4 is 14.9 Å². The summed E-state index contributed by atoms with van der Waals surface area (Å²) in [6.07, 6.45) is 1.64. The Balaban J connectivity index is 1.16. The van der Waals surface area contributed by atoms with Gasteiger partial charge in [0.25, 0.3) is 0 Å². The summed E-state index contributed by atoms with van der Waals surface area (Å²) in [4.78, 5) is 12.8. The average molecular weight is 474 g/mol. The smallest absolute Gasteiger partial charge is 0.319 e. The molecule has 2 amide bonds. The van der Waals surface area contributed by atoms with E-state index in [1.165, 1.54) is 26.6 Å². The van der Waals surface area contributed by atoms with Gasteiger partial charge in [0.15, 0.2) is 0 Å². The molecule has 3 aromatic carbocycles. The highest BCUT2D eigenvalue weighted by atomic mass is 32.2. The molecule has 6 nitrogen and oxygen atoms in total. The van der Waals surface area contributed by atoms with Crippen molar-refractivity contribution in [3.63, 3.8) is 0 Å². The van der Waals surface area contributed by atoms with Gasteiger partial charge in [-0.15, -0.1) is 0 Å². The van der Waals surface area contributed by atoms with Gasteiger partial charge in [-0.3, -0.25) is 4.31 Å². The lowest BCUT2D eigenvalue weighted by molar-refractivity contribution is 0.247. The first-order valence-electron chi connectivity index (χ1n) is 11.8. The zero-order valence-corrected chi connectivity index (χ0v) is 19.6. The first-order chi connectivity index (χ1) is 16.5. The molecule has 7 rings (SSSR count). The quantitative estimate of drug-likeness (QED) is 0.579. The molecule has 4 aliphatic rings. The van der Waals surface area contributed by atoms with Crippen molar-refractivity contribution < 1.29 is 13.2 Å². The van der Waals surface area contributed by atoms with Crippen LogP contribution >= 0.6 is 0 Å². The minimum absolute atomic E-state index is 0.168. The lowest BCUT2D eigenvalue weighted by atomic mass is 9.59. The van der Waals surface area contributed by atoms with Gasteiger partial charge < -0.3 is 10.6 Å². The largest absolute Gasteiger partial charge is 0.338 e. The van der Waals surface area contributed by atoms with E-state index in [0.717, 1.165) is 6.42 Å². The van der Waals surface area contributed by atoms with Crippen molar-refractivity contribution in [1.82, 2.24) is 5.32 Å². The maximum atomic E-state index is 12.8. The number of benzene rings is 3. The van der Waals surface area contributed by atoms with Crippen LogP contribution in [0.15, 0.2) is 72.8 Å². The highest BCUT2D eigenvalue weighted by molar-refractivity contribution is 7.93. The second-order valence-electron chi connectivity index (χ2n) is 9.41. The molecule has 0 saturated carbocycles. The summed E-state index contributed by atoms with van der Waals surface area (Å²) in [5, 5.41) is 5.95. The van der Waals surface area contributed by atoms with Crippen LogP contribution in [0.1, 0.15) is 46.9 Å². The molecule has 1 heterocycles. The van der Waals surface area contributed by atoms with E-state index in [9.17, 15) is 13.2 Å². The van der Waals surface area contributed by atoms with Gasteiger partial charge in [0.05, 0.1) is 11.4 Å². The van der Waals surface area contributed by atoms with E-state index < -0.39 is 10.0 Å². The number of rotatable bonds is 4. The normalized spacial score (nSPS) is 23.8. The molecule has 3 aliphatic carbocycles. The number of hydrogen-bond donors (Lipinski definition) is 2. The van der Waals surface area contributed by atoms with Gasteiger partial charge >= 0.3 is 6.03 Å². The van der Waals surface area contributed by atoms with Crippen LogP contribution in [0, 0.1) is 5.92 Å². The number of carbonyl (C=O) groups is 1. The Morgan fingerprint density at radius 2 is 1.59 bits per heavy atom. The zero-order valence-electron chi connectivity index (χ0n) is 18.8. The minimum atomic E-state index is -3.26. The van der Waals surface area contributed by atoms with Gasteiger partial charge in [-0.2, -0.15) is 0 Å². The van der Waals surface area contributed by atoms with E-state index >= 15 is 0 Å². The molecule has 1 fully saturated rings. The van der Waals surface area contributed by atoms with Crippen LogP contribution in [0.3, 0.4) is 0 Å². The fourth-order valence-corrected chi connectivity index (χ4v) is 7.58. The van der Waals surface area contributed by atoms with Crippen molar-refractivity contribution in [3.05, 3.63) is 95.1 Å². The van der Waals surface area contributed by atoms with E-state index in [1.807, 2.05) is 0 Å². The van der Waals surface area contributed by atoms with Crippen LogP contribution in [-0.4, -0.2) is 33.3 Å². The number of fused-ring (bicyclic) bond motifs is 1. The molecule has 1 atom stereocenters. The van der Waals surface area contributed by atoms with E-state index in [1.54, 1.807) is 24.3 Å². The second-order valence-corrected chi connectivity index (χ2v) is 11.4. The third-order valence-corrected chi connectivity index (χ3v) is 9.31. The summed E-state index contributed by atoms with van der Waals surface area (Å²) < 4.78 is 25.9. The van der Waals surface area contributed by atoms with Gasteiger partial charge in [0.1, 0.15) is 0 Å².